The maximum Gasteiger partial charge on any atom is 0.306 e. The molecule has 0 bridgehead atoms. The normalized spacial score (nSPS) is 20.9. The highest BCUT2D eigenvalue weighted by molar-refractivity contribution is 5.79. The molecule has 20 heavy (non-hydrogen) atoms. The number of esters is 1. The van der Waals surface area contributed by atoms with Crippen molar-refractivity contribution in [1.82, 2.24) is 4.90 Å². The Labute approximate surface area is 119 Å². The van der Waals surface area contributed by atoms with Crippen LogP contribution in [0.25, 0.3) is 0 Å². The lowest BCUT2D eigenvalue weighted by atomic mass is 9.72. The third-order valence-corrected chi connectivity index (χ3v) is 3.72. The van der Waals surface area contributed by atoms with E-state index in [1.54, 1.807) is 19.0 Å². The fourth-order valence-corrected chi connectivity index (χ4v) is 2.50. The van der Waals surface area contributed by atoms with Gasteiger partial charge in [-0.15, -0.1) is 0 Å². The molecule has 1 fully saturated rings. The Balaban J connectivity index is 1.66. The first-order valence-corrected chi connectivity index (χ1v) is 6.97. The van der Waals surface area contributed by atoms with Gasteiger partial charge in [-0.25, -0.2) is 0 Å². The van der Waals surface area contributed by atoms with Crippen LogP contribution in [0.2, 0.25) is 0 Å². The Bertz CT molecular complexity index is 464. The van der Waals surface area contributed by atoms with E-state index < -0.39 is 0 Å². The third-order valence-electron chi connectivity index (χ3n) is 3.72. The summed E-state index contributed by atoms with van der Waals surface area (Å²) in [6, 6.07) is 9.64. The van der Waals surface area contributed by atoms with Gasteiger partial charge in [0.1, 0.15) is 6.61 Å². The van der Waals surface area contributed by atoms with E-state index in [2.05, 4.69) is 0 Å². The molecular formula is C16H21NO3. The summed E-state index contributed by atoms with van der Waals surface area (Å²) in [5.41, 5.74) is 0.995. The van der Waals surface area contributed by atoms with Crippen molar-refractivity contribution in [2.45, 2.75) is 25.9 Å². The highest BCUT2D eigenvalue weighted by atomic mass is 16.5. The molecule has 0 saturated heterocycles. The second-order valence-corrected chi connectivity index (χ2v) is 5.62. The van der Waals surface area contributed by atoms with E-state index in [9.17, 15) is 9.59 Å². The van der Waals surface area contributed by atoms with Crippen LogP contribution in [0.3, 0.4) is 0 Å². The molecule has 0 radical (unpaired) electrons. The number of ether oxygens (including phenoxy) is 1. The summed E-state index contributed by atoms with van der Waals surface area (Å²) in [6.07, 6.45) is 2.03. The number of rotatable bonds is 5. The van der Waals surface area contributed by atoms with Crippen molar-refractivity contribution in [2.75, 3.05) is 14.1 Å². The van der Waals surface area contributed by atoms with Crippen LogP contribution >= 0.6 is 0 Å². The summed E-state index contributed by atoms with van der Waals surface area (Å²) in [6.45, 7) is 0.326. The average Bonchev–Trinajstić information content (AvgIpc) is 2.40. The second-order valence-electron chi connectivity index (χ2n) is 5.62. The first-order valence-electron chi connectivity index (χ1n) is 6.97. The third kappa shape index (κ3) is 3.83. The molecule has 108 valence electrons. The van der Waals surface area contributed by atoms with E-state index in [4.69, 9.17) is 4.74 Å². The number of carbonyl (C=O) groups excluding carboxylic acids is 2. The number of carbonyl (C=O) groups is 2. The molecule has 1 amide bonds. The standard InChI is InChI=1S/C16H21NO3/c1-17(2)16(19)14-8-13(9-14)10-15(18)20-11-12-6-4-3-5-7-12/h3-7,13-14H,8-11H2,1-2H3. The molecule has 0 unspecified atom stereocenters. The van der Waals surface area contributed by atoms with Crippen molar-refractivity contribution in [2.24, 2.45) is 11.8 Å². The zero-order valence-corrected chi connectivity index (χ0v) is 12.0. The first-order chi connectivity index (χ1) is 9.56. The SMILES string of the molecule is CN(C)C(=O)C1CC(CC(=O)OCc2ccccc2)C1. The lowest BCUT2D eigenvalue weighted by Gasteiger charge is -2.35. The molecule has 4 heteroatoms. The molecular weight excluding hydrogens is 254 g/mol. The molecule has 1 aromatic carbocycles. The van der Waals surface area contributed by atoms with E-state index in [-0.39, 0.29) is 17.8 Å². The molecule has 0 N–H and O–H groups in total. The largest absolute Gasteiger partial charge is 0.461 e. The fraction of sp³-hybridized carbons (Fsp3) is 0.500. The van der Waals surface area contributed by atoms with Crippen molar-refractivity contribution in [3.8, 4) is 0 Å². The van der Waals surface area contributed by atoms with Crippen LogP contribution in [0, 0.1) is 11.8 Å². The zero-order valence-electron chi connectivity index (χ0n) is 12.0. The number of nitrogens with zero attached hydrogens (tertiary/aromatic N) is 1. The Morgan fingerprint density at radius 1 is 1.20 bits per heavy atom. The molecule has 4 nitrogen and oxygen atoms in total. The van der Waals surface area contributed by atoms with Gasteiger partial charge < -0.3 is 9.64 Å². The minimum atomic E-state index is -0.172. The molecule has 0 aliphatic heterocycles. The van der Waals surface area contributed by atoms with Gasteiger partial charge in [0.05, 0.1) is 0 Å². The summed E-state index contributed by atoms with van der Waals surface area (Å²) >= 11 is 0. The maximum absolute atomic E-state index is 11.7. The molecule has 1 aromatic rings. The predicted molar refractivity (Wildman–Crippen MR) is 75.8 cm³/mol. The second kappa shape index (κ2) is 6.55. The van der Waals surface area contributed by atoms with Crippen molar-refractivity contribution in [1.29, 1.82) is 0 Å². The molecule has 0 heterocycles. The van der Waals surface area contributed by atoms with Crippen LogP contribution in [0.15, 0.2) is 30.3 Å². The van der Waals surface area contributed by atoms with Crippen LogP contribution in [0.1, 0.15) is 24.8 Å². The first kappa shape index (κ1) is 14.6. The van der Waals surface area contributed by atoms with Crippen LogP contribution < -0.4 is 0 Å². The van der Waals surface area contributed by atoms with Crippen molar-refractivity contribution < 1.29 is 14.3 Å². The number of benzene rings is 1. The molecule has 0 spiro atoms. The number of hydrogen-bond donors (Lipinski definition) is 0. The van der Waals surface area contributed by atoms with Gasteiger partial charge in [-0.3, -0.25) is 9.59 Å². The maximum atomic E-state index is 11.7. The van der Waals surface area contributed by atoms with Crippen molar-refractivity contribution >= 4 is 11.9 Å². The zero-order chi connectivity index (χ0) is 14.5. The quantitative estimate of drug-likeness (QED) is 0.774. The van der Waals surface area contributed by atoms with Crippen molar-refractivity contribution in [3.05, 3.63) is 35.9 Å². The smallest absolute Gasteiger partial charge is 0.306 e. The van der Waals surface area contributed by atoms with Gasteiger partial charge in [0.2, 0.25) is 5.91 Å². The number of hydrogen-bond acceptors (Lipinski definition) is 3. The minimum Gasteiger partial charge on any atom is -0.461 e. The lowest BCUT2D eigenvalue weighted by molar-refractivity contribution is -0.149. The van der Waals surface area contributed by atoms with E-state index in [0.717, 1.165) is 18.4 Å². The van der Waals surface area contributed by atoms with E-state index in [1.165, 1.54) is 0 Å². The summed E-state index contributed by atoms with van der Waals surface area (Å²) in [5.74, 6) is 0.387. The topological polar surface area (TPSA) is 46.6 Å². The molecule has 1 aliphatic carbocycles. The van der Waals surface area contributed by atoms with Crippen LogP contribution in [0.4, 0.5) is 0 Å². The van der Waals surface area contributed by atoms with Gasteiger partial charge in [-0.1, -0.05) is 30.3 Å². The van der Waals surface area contributed by atoms with Crippen LogP contribution in [-0.2, 0) is 20.9 Å². The highest BCUT2D eigenvalue weighted by Gasteiger charge is 2.36. The molecule has 2 rings (SSSR count). The van der Waals surface area contributed by atoms with Gasteiger partial charge in [0, 0.05) is 26.4 Å². The molecule has 1 aliphatic rings. The van der Waals surface area contributed by atoms with E-state index in [1.807, 2.05) is 30.3 Å². The van der Waals surface area contributed by atoms with Gasteiger partial charge in [0.25, 0.3) is 0 Å². The molecule has 0 aromatic heterocycles. The molecule has 1 saturated carbocycles. The minimum absolute atomic E-state index is 0.0944. The van der Waals surface area contributed by atoms with Gasteiger partial charge in [-0.2, -0.15) is 0 Å². The summed E-state index contributed by atoms with van der Waals surface area (Å²) < 4.78 is 5.24. The average molecular weight is 275 g/mol. The Morgan fingerprint density at radius 3 is 2.45 bits per heavy atom. The lowest BCUT2D eigenvalue weighted by Crippen LogP contribution is -2.38. The van der Waals surface area contributed by atoms with E-state index in [0.29, 0.717) is 18.9 Å². The van der Waals surface area contributed by atoms with E-state index >= 15 is 0 Å². The predicted octanol–water partition coefficient (Wildman–Crippen LogP) is 2.23. The van der Waals surface area contributed by atoms with Gasteiger partial charge in [0.15, 0.2) is 0 Å². The van der Waals surface area contributed by atoms with Gasteiger partial charge >= 0.3 is 5.97 Å². The van der Waals surface area contributed by atoms with Crippen LogP contribution in [-0.4, -0.2) is 30.9 Å². The Hall–Kier alpha value is -1.84. The Morgan fingerprint density at radius 2 is 1.85 bits per heavy atom. The van der Waals surface area contributed by atoms with Crippen LogP contribution in [0.5, 0.6) is 0 Å². The fourth-order valence-electron chi connectivity index (χ4n) is 2.50. The van der Waals surface area contributed by atoms with Crippen molar-refractivity contribution in [3.63, 3.8) is 0 Å². The molecule has 0 atom stereocenters. The monoisotopic (exact) mass is 275 g/mol. The Kier molecular flexibility index (Phi) is 4.77. The summed E-state index contributed by atoms with van der Waals surface area (Å²) in [5, 5.41) is 0. The number of amides is 1. The van der Waals surface area contributed by atoms with Gasteiger partial charge in [-0.05, 0) is 24.3 Å². The summed E-state index contributed by atoms with van der Waals surface area (Å²) in [4.78, 5) is 25.0. The highest BCUT2D eigenvalue weighted by Crippen LogP contribution is 2.37. The summed E-state index contributed by atoms with van der Waals surface area (Å²) in [7, 11) is 3.54.